The van der Waals surface area contributed by atoms with Crippen LogP contribution < -0.4 is 0 Å². The lowest BCUT2D eigenvalue weighted by Crippen LogP contribution is -2.56. The van der Waals surface area contributed by atoms with Gasteiger partial charge in [-0.2, -0.15) is 0 Å². The summed E-state index contributed by atoms with van der Waals surface area (Å²) < 4.78 is 11.6. The van der Waals surface area contributed by atoms with Gasteiger partial charge >= 0.3 is 5.97 Å². The Morgan fingerprint density at radius 1 is 1.25 bits per heavy atom. The van der Waals surface area contributed by atoms with Crippen LogP contribution >= 0.6 is 0 Å². The van der Waals surface area contributed by atoms with Gasteiger partial charge in [0.15, 0.2) is 0 Å². The Morgan fingerprint density at radius 3 is 2.75 bits per heavy atom. The monoisotopic (exact) mass is 390 g/mol. The topological polar surface area (TPSA) is 96.4 Å². The van der Waals surface area contributed by atoms with E-state index in [0.29, 0.717) is 13.0 Å². The average Bonchev–Trinajstić information content (AvgIpc) is 2.94. The molecule has 8 heteroatoms. The predicted molar refractivity (Wildman–Crippen MR) is 97.9 cm³/mol. The second-order valence-corrected chi connectivity index (χ2v) is 8.00. The Kier molecular flexibility index (Phi) is 4.79. The van der Waals surface area contributed by atoms with Crippen LogP contribution in [0.3, 0.4) is 0 Å². The number of aliphatic hydroxyl groups is 1. The number of likely N-dealkylation sites (tertiary alicyclic amines) is 1. The number of aliphatic hydroxyl groups excluding tert-OH is 1. The SMILES string of the molecule is CC(C)N1CC=CC23O[C@@H]4C=CCOC(=O)[C@@H]4[C@H]2C(=O)N(CCCO)[C@@H]3C1=O. The first-order chi connectivity index (χ1) is 13.4. The maximum Gasteiger partial charge on any atom is 0.313 e. The average molecular weight is 390 g/mol. The summed E-state index contributed by atoms with van der Waals surface area (Å²) in [5.41, 5.74) is -1.21. The van der Waals surface area contributed by atoms with Gasteiger partial charge in [0.25, 0.3) is 0 Å². The number of rotatable bonds is 4. The van der Waals surface area contributed by atoms with E-state index in [-0.39, 0.29) is 37.6 Å². The summed E-state index contributed by atoms with van der Waals surface area (Å²) >= 11 is 0. The number of carbonyl (C=O) groups is 3. The molecule has 4 rings (SSSR count). The van der Waals surface area contributed by atoms with Crippen molar-refractivity contribution in [3.8, 4) is 0 Å². The third-order valence-corrected chi connectivity index (χ3v) is 6.13. The molecule has 5 atom stereocenters. The van der Waals surface area contributed by atoms with Crippen molar-refractivity contribution in [1.29, 1.82) is 0 Å². The highest BCUT2D eigenvalue weighted by Crippen LogP contribution is 2.53. The van der Waals surface area contributed by atoms with Crippen LogP contribution in [0, 0.1) is 11.8 Å². The predicted octanol–water partition coefficient (Wildman–Crippen LogP) is -0.131. The minimum absolute atomic E-state index is 0.0436. The first kappa shape index (κ1) is 19.1. The second-order valence-electron chi connectivity index (χ2n) is 8.00. The largest absolute Gasteiger partial charge is 0.461 e. The van der Waals surface area contributed by atoms with E-state index < -0.39 is 35.6 Å². The Balaban J connectivity index is 1.82. The summed E-state index contributed by atoms with van der Waals surface area (Å²) in [5, 5.41) is 9.28. The van der Waals surface area contributed by atoms with Crippen LogP contribution in [-0.2, 0) is 23.9 Å². The molecule has 0 aromatic rings. The van der Waals surface area contributed by atoms with Crippen LogP contribution in [0.5, 0.6) is 0 Å². The number of cyclic esters (lactones) is 1. The summed E-state index contributed by atoms with van der Waals surface area (Å²) in [4.78, 5) is 42.8. The fraction of sp³-hybridized carbons (Fsp3) is 0.650. The molecule has 8 nitrogen and oxygen atoms in total. The maximum absolute atomic E-state index is 13.5. The molecule has 28 heavy (non-hydrogen) atoms. The van der Waals surface area contributed by atoms with Gasteiger partial charge in [-0.05, 0) is 26.3 Å². The number of fused-ring (bicyclic) bond motifs is 2. The molecule has 0 radical (unpaired) electrons. The molecule has 1 N–H and O–H groups in total. The molecule has 0 saturated carbocycles. The summed E-state index contributed by atoms with van der Waals surface area (Å²) in [6.45, 7) is 4.56. The number of ether oxygens (including phenoxy) is 2. The van der Waals surface area contributed by atoms with Crippen molar-refractivity contribution in [2.75, 3.05) is 26.3 Å². The number of hydrogen-bond donors (Lipinski definition) is 1. The van der Waals surface area contributed by atoms with Crippen molar-refractivity contribution >= 4 is 17.8 Å². The van der Waals surface area contributed by atoms with Crippen molar-refractivity contribution < 1.29 is 29.0 Å². The van der Waals surface area contributed by atoms with E-state index in [1.807, 2.05) is 19.9 Å². The summed E-state index contributed by atoms with van der Waals surface area (Å²) in [7, 11) is 0. The molecular formula is C20H26N2O6. The summed E-state index contributed by atoms with van der Waals surface area (Å²) in [5.74, 6) is -2.55. The van der Waals surface area contributed by atoms with Crippen molar-refractivity contribution in [3.05, 3.63) is 24.3 Å². The molecule has 0 aromatic carbocycles. The van der Waals surface area contributed by atoms with Crippen molar-refractivity contribution in [2.45, 2.75) is 44.1 Å². The van der Waals surface area contributed by atoms with E-state index in [2.05, 4.69) is 0 Å². The van der Waals surface area contributed by atoms with E-state index in [9.17, 15) is 19.5 Å². The fourth-order valence-corrected chi connectivity index (χ4v) is 4.93. The first-order valence-electron chi connectivity index (χ1n) is 9.83. The van der Waals surface area contributed by atoms with Crippen LogP contribution in [0.2, 0.25) is 0 Å². The zero-order valence-corrected chi connectivity index (χ0v) is 16.1. The Hall–Kier alpha value is -2.19. The van der Waals surface area contributed by atoms with Gasteiger partial charge in [-0.1, -0.05) is 18.2 Å². The van der Waals surface area contributed by atoms with E-state index in [4.69, 9.17) is 9.47 Å². The third kappa shape index (κ3) is 2.62. The molecule has 152 valence electrons. The summed E-state index contributed by atoms with van der Waals surface area (Å²) in [6, 6.07) is -0.899. The first-order valence-corrected chi connectivity index (χ1v) is 9.83. The van der Waals surface area contributed by atoms with Gasteiger partial charge in [-0.25, -0.2) is 0 Å². The lowest BCUT2D eigenvalue weighted by Gasteiger charge is -2.36. The molecule has 0 aliphatic carbocycles. The molecular weight excluding hydrogens is 364 g/mol. The number of hydrogen-bond acceptors (Lipinski definition) is 6. The van der Waals surface area contributed by atoms with Crippen molar-refractivity contribution in [3.63, 3.8) is 0 Å². The van der Waals surface area contributed by atoms with Crippen LogP contribution in [0.25, 0.3) is 0 Å². The number of esters is 1. The third-order valence-electron chi connectivity index (χ3n) is 6.13. The highest BCUT2D eigenvalue weighted by atomic mass is 16.6. The van der Waals surface area contributed by atoms with Gasteiger partial charge in [-0.15, -0.1) is 0 Å². The van der Waals surface area contributed by atoms with Gasteiger partial charge < -0.3 is 24.4 Å². The standard InChI is InChI=1S/C20H26N2O6/c1-12(2)21-8-4-7-20-15(14-13(28-20)6-3-11-27-19(14)26)17(24)22(9-5-10-23)16(20)18(21)25/h3-4,6-7,12-16,23H,5,8-11H2,1-2H3/t13-,14+,15+,16-,20?/m1/s1. The lowest BCUT2D eigenvalue weighted by molar-refractivity contribution is -0.153. The molecule has 1 spiro atoms. The molecule has 0 bridgehead atoms. The van der Waals surface area contributed by atoms with Crippen molar-refractivity contribution in [2.24, 2.45) is 11.8 Å². The smallest absolute Gasteiger partial charge is 0.313 e. The molecule has 2 saturated heterocycles. The van der Waals surface area contributed by atoms with E-state index >= 15 is 0 Å². The van der Waals surface area contributed by atoms with E-state index in [0.717, 1.165) is 0 Å². The molecule has 4 aliphatic rings. The molecule has 0 aromatic heterocycles. The zero-order valence-electron chi connectivity index (χ0n) is 16.1. The minimum atomic E-state index is -1.21. The molecule has 2 amide bonds. The second kappa shape index (κ2) is 7.00. The van der Waals surface area contributed by atoms with E-state index in [1.54, 1.807) is 23.1 Å². The van der Waals surface area contributed by atoms with Crippen LogP contribution in [0.15, 0.2) is 24.3 Å². The highest BCUT2D eigenvalue weighted by Gasteiger charge is 2.71. The van der Waals surface area contributed by atoms with Crippen LogP contribution in [0.4, 0.5) is 0 Å². The normalized spacial score (nSPS) is 36.9. The van der Waals surface area contributed by atoms with Gasteiger partial charge in [0.2, 0.25) is 11.8 Å². The Bertz CT molecular complexity index is 747. The van der Waals surface area contributed by atoms with Crippen LogP contribution in [-0.4, -0.2) is 82.8 Å². The van der Waals surface area contributed by atoms with Crippen LogP contribution in [0.1, 0.15) is 20.3 Å². The van der Waals surface area contributed by atoms with Crippen molar-refractivity contribution in [1.82, 2.24) is 9.80 Å². The summed E-state index contributed by atoms with van der Waals surface area (Å²) in [6.07, 6.45) is 6.88. The van der Waals surface area contributed by atoms with Gasteiger partial charge in [0.1, 0.15) is 24.2 Å². The zero-order chi connectivity index (χ0) is 20.1. The molecule has 2 fully saturated rings. The fourth-order valence-electron chi connectivity index (χ4n) is 4.93. The number of amides is 2. The molecule has 4 aliphatic heterocycles. The minimum Gasteiger partial charge on any atom is -0.461 e. The van der Waals surface area contributed by atoms with Gasteiger partial charge in [0.05, 0.1) is 12.0 Å². The molecule has 1 unspecified atom stereocenters. The van der Waals surface area contributed by atoms with Gasteiger partial charge in [0, 0.05) is 25.7 Å². The quantitative estimate of drug-likeness (QED) is 0.531. The molecule has 4 heterocycles. The van der Waals surface area contributed by atoms with E-state index in [1.165, 1.54) is 4.90 Å². The highest BCUT2D eigenvalue weighted by molar-refractivity contribution is 5.99. The Morgan fingerprint density at radius 2 is 2.04 bits per heavy atom. The lowest BCUT2D eigenvalue weighted by atomic mass is 9.78. The Labute approximate surface area is 163 Å². The van der Waals surface area contributed by atoms with Gasteiger partial charge in [-0.3, -0.25) is 14.4 Å². The maximum atomic E-state index is 13.5. The number of nitrogens with zero attached hydrogens (tertiary/aromatic N) is 2. The number of carbonyl (C=O) groups excluding carboxylic acids is 3.